The third-order valence-electron chi connectivity index (χ3n) is 6.28. The van der Waals surface area contributed by atoms with Gasteiger partial charge in [0.25, 0.3) is 5.91 Å². The van der Waals surface area contributed by atoms with Crippen molar-refractivity contribution in [2.45, 2.75) is 43.5 Å². The van der Waals surface area contributed by atoms with Gasteiger partial charge in [0.05, 0.1) is 4.90 Å². The molecule has 1 heterocycles. The molecule has 2 atom stereocenters. The highest BCUT2D eigenvalue weighted by Crippen LogP contribution is 2.36. The predicted octanol–water partition coefficient (Wildman–Crippen LogP) is 3.82. The maximum Gasteiger partial charge on any atom is 0.253 e. The van der Waals surface area contributed by atoms with Crippen molar-refractivity contribution in [3.8, 4) is 0 Å². The SMILES string of the molecule is O=C(c1cccc(S(=O)(=O)NCc2ccccc2)c1)N1CC[C@@H]2CCCC[C@H]2C1. The Labute approximate surface area is 173 Å². The van der Waals surface area contributed by atoms with Crippen LogP contribution in [0.3, 0.4) is 0 Å². The number of carbonyl (C=O) groups excluding carboxylic acids is 1. The zero-order chi connectivity index (χ0) is 20.3. The highest BCUT2D eigenvalue weighted by Gasteiger charge is 2.33. The number of piperidine rings is 1. The van der Waals surface area contributed by atoms with Crippen LogP contribution in [0.5, 0.6) is 0 Å². The molecule has 1 saturated carbocycles. The summed E-state index contributed by atoms with van der Waals surface area (Å²) in [6, 6.07) is 15.8. The molecule has 29 heavy (non-hydrogen) atoms. The average molecular weight is 413 g/mol. The molecule has 0 bridgehead atoms. The predicted molar refractivity (Wildman–Crippen MR) is 113 cm³/mol. The second-order valence-corrected chi connectivity index (χ2v) is 9.95. The zero-order valence-corrected chi connectivity index (χ0v) is 17.4. The maximum atomic E-state index is 13.0. The van der Waals surface area contributed by atoms with Gasteiger partial charge in [0.2, 0.25) is 10.0 Å². The van der Waals surface area contributed by atoms with Crippen LogP contribution in [0.2, 0.25) is 0 Å². The minimum absolute atomic E-state index is 0.0610. The molecule has 154 valence electrons. The topological polar surface area (TPSA) is 66.5 Å². The van der Waals surface area contributed by atoms with Gasteiger partial charge in [-0.05, 0) is 48.4 Å². The molecule has 1 saturated heterocycles. The van der Waals surface area contributed by atoms with E-state index in [1.54, 1.807) is 12.1 Å². The Bertz CT molecular complexity index is 959. The molecule has 1 amide bonds. The summed E-state index contributed by atoms with van der Waals surface area (Å²) in [5.74, 6) is 1.29. The van der Waals surface area contributed by atoms with E-state index in [0.29, 0.717) is 11.5 Å². The normalized spacial score (nSPS) is 22.1. The van der Waals surface area contributed by atoms with E-state index in [-0.39, 0.29) is 17.3 Å². The van der Waals surface area contributed by atoms with E-state index in [0.717, 1.165) is 31.0 Å². The maximum absolute atomic E-state index is 13.0. The molecule has 1 N–H and O–H groups in total. The summed E-state index contributed by atoms with van der Waals surface area (Å²) in [4.78, 5) is 15.1. The Kier molecular flexibility index (Phi) is 6.01. The molecule has 0 radical (unpaired) electrons. The fraction of sp³-hybridized carbons (Fsp3) is 0.435. The number of carbonyl (C=O) groups is 1. The van der Waals surface area contributed by atoms with Crippen LogP contribution in [0, 0.1) is 11.8 Å². The smallest absolute Gasteiger partial charge is 0.253 e. The van der Waals surface area contributed by atoms with Gasteiger partial charge in [0.1, 0.15) is 0 Å². The van der Waals surface area contributed by atoms with E-state index < -0.39 is 10.0 Å². The lowest BCUT2D eigenvalue weighted by Crippen LogP contribution is -2.44. The molecule has 4 rings (SSSR count). The van der Waals surface area contributed by atoms with Gasteiger partial charge >= 0.3 is 0 Å². The number of amides is 1. The van der Waals surface area contributed by atoms with Gasteiger partial charge in [0, 0.05) is 25.2 Å². The van der Waals surface area contributed by atoms with Crippen LogP contribution in [0.1, 0.15) is 48.0 Å². The van der Waals surface area contributed by atoms with Gasteiger partial charge < -0.3 is 4.90 Å². The third-order valence-corrected chi connectivity index (χ3v) is 7.68. The number of benzene rings is 2. The number of nitrogens with one attached hydrogen (secondary N) is 1. The van der Waals surface area contributed by atoms with E-state index in [9.17, 15) is 13.2 Å². The molecule has 2 aromatic rings. The standard InChI is InChI=1S/C23H28N2O3S/c26-23(25-14-13-19-9-4-5-10-21(19)17-25)20-11-6-12-22(15-20)29(27,28)24-16-18-7-2-1-3-8-18/h1-3,6-8,11-12,15,19,21,24H,4-5,9-10,13-14,16-17H2/t19-,21-/m0/s1. The van der Waals surface area contributed by atoms with Crippen molar-refractivity contribution in [3.63, 3.8) is 0 Å². The van der Waals surface area contributed by atoms with Crippen molar-refractivity contribution in [3.05, 3.63) is 65.7 Å². The summed E-state index contributed by atoms with van der Waals surface area (Å²) in [5, 5.41) is 0. The van der Waals surface area contributed by atoms with Crippen LogP contribution in [-0.2, 0) is 16.6 Å². The Morgan fingerprint density at radius 2 is 1.72 bits per heavy atom. The van der Waals surface area contributed by atoms with Crippen LogP contribution in [-0.4, -0.2) is 32.3 Å². The van der Waals surface area contributed by atoms with Crippen molar-refractivity contribution in [2.24, 2.45) is 11.8 Å². The summed E-state index contributed by atoms with van der Waals surface area (Å²) >= 11 is 0. The molecular formula is C23H28N2O3S. The van der Waals surface area contributed by atoms with Crippen molar-refractivity contribution in [2.75, 3.05) is 13.1 Å². The Balaban J connectivity index is 1.45. The monoisotopic (exact) mass is 412 g/mol. The Hall–Kier alpha value is -2.18. The van der Waals surface area contributed by atoms with Gasteiger partial charge in [-0.3, -0.25) is 4.79 Å². The lowest BCUT2D eigenvalue weighted by atomic mass is 9.75. The Morgan fingerprint density at radius 3 is 2.52 bits per heavy atom. The second-order valence-electron chi connectivity index (χ2n) is 8.18. The molecule has 6 heteroatoms. The Morgan fingerprint density at radius 1 is 0.966 bits per heavy atom. The van der Waals surface area contributed by atoms with Crippen molar-refractivity contribution in [1.29, 1.82) is 0 Å². The highest BCUT2D eigenvalue weighted by molar-refractivity contribution is 7.89. The van der Waals surface area contributed by atoms with Gasteiger partial charge in [-0.1, -0.05) is 55.7 Å². The number of rotatable bonds is 5. The van der Waals surface area contributed by atoms with E-state index >= 15 is 0 Å². The fourth-order valence-corrected chi connectivity index (χ4v) is 5.68. The quantitative estimate of drug-likeness (QED) is 0.812. The molecule has 1 aliphatic carbocycles. The number of hydrogen-bond donors (Lipinski definition) is 1. The minimum Gasteiger partial charge on any atom is -0.338 e. The molecule has 5 nitrogen and oxygen atoms in total. The minimum atomic E-state index is -3.68. The molecule has 0 aromatic heterocycles. The number of nitrogens with zero attached hydrogens (tertiary/aromatic N) is 1. The van der Waals surface area contributed by atoms with E-state index in [4.69, 9.17) is 0 Å². The van der Waals surface area contributed by atoms with Crippen molar-refractivity contribution >= 4 is 15.9 Å². The number of sulfonamides is 1. The zero-order valence-electron chi connectivity index (χ0n) is 16.6. The van der Waals surface area contributed by atoms with Gasteiger partial charge in [-0.15, -0.1) is 0 Å². The highest BCUT2D eigenvalue weighted by atomic mass is 32.2. The van der Waals surface area contributed by atoms with Crippen LogP contribution >= 0.6 is 0 Å². The summed E-state index contributed by atoms with van der Waals surface area (Å²) in [7, 11) is -3.68. The largest absolute Gasteiger partial charge is 0.338 e. The van der Waals surface area contributed by atoms with Crippen LogP contribution < -0.4 is 4.72 Å². The molecule has 0 spiro atoms. The summed E-state index contributed by atoms with van der Waals surface area (Å²) in [6.07, 6.45) is 6.11. The number of fused-ring (bicyclic) bond motifs is 1. The number of hydrogen-bond acceptors (Lipinski definition) is 3. The molecule has 2 fully saturated rings. The molecule has 0 unspecified atom stereocenters. The van der Waals surface area contributed by atoms with Gasteiger partial charge in [0.15, 0.2) is 0 Å². The first-order valence-corrected chi connectivity index (χ1v) is 11.9. The lowest BCUT2D eigenvalue weighted by Gasteiger charge is -2.41. The molecule has 2 aliphatic rings. The van der Waals surface area contributed by atoms with E-state index in [1.165, 1.54) is 37.8 Å². The molecule has 1 aliphatic heterocycles. The van der Waals surface area contributed by atoms with Crippen molar-refractivity contribution in [1.82, 2.24) is 9.62 Å². The fourth-order valence-electron chi connectivity index (χ4n) is 4.62. The van der Waals surface area contributed by atoms with E-state index in [2.05, 4.69) is 4.72 Å². The molecule has 2 aromatic carbocycles. The average Bonchev–Trinajstić information content (AvgIpc) is 2.78. The first kappa shape index (κ1) is 20.1. The van der Waals surface area contributed by atoms with Crippen LogP contribution in [0.25, 0.3) is 0 Å². The summed E-state index contributed by atoms with van der Waals surface area (Å²) < 4.78 is 28.0. The van der Waals surface area contributed by atoms with Gasteiger partial charge in [-0.2, -0.15) is 0 Å². The van der Waals surface area contributed by atoms with E-state index in [1.807, 2.05) is 35.2 Å². The van der Waals surface area contributed by atoms with Crippen LogP contribution in [0.4, 0.5) is 0 Å². The first-order valence-electron chi connectivity index (χ1n) is 10.5. The second kappa shape index (κ2) is 8.67. The summed E-state index contributed by atoms with van der Waals surface area (Å²) in [5.41, 5.74) is 1.33. The van der Waals surface area contributed by atoms with Gasteiger partial charge in [-0.25, -0.2) is 13.1 Å². The lowest BCUT2D eigenvalue weighted by molar-refractivity contribution is 0.0520. The van der Waals surface area contributed by atoms with Crippen LogP contribution in [0.15, 0.2) is 59.5 Å². The number of likely N-dealkylation sites (tertiary alicyclic amines) is 1. The molecular weight excluding hydrogens is 384 g/mol. The summed E-state index contributed by atoms with van der Waals surface area (Å²) in [6.45, 7) is 1.78. The third kappa shape index (κ3) is 4.70. The first-order chi connectivity index (χ1) is 14.0. The van der Waals surface area contributed by atoms with Crippen molar-refractivity contribution < 1.29 is 13.2 Å².